The number of nitrogens with zero attached hydrogens (tertiary/aromatic N) is 4. The Balaban J connectivity index is 2.44. The summed E-state index contributed by atoms with van der Waals surface area (Å²) in [5.41, 5.74) is 2.71. The highest BCUT2D eigenvalue weighted by Gasteiger charge is 2.19. The van der Waals surface area contributed by atoms with E-state index < -0.39 is 5.69 Å². The number of benzene rings is 1. The van der Waals surface area contributed by atoms with Crippen molar-refractivity contribution >= 4 is 22.8 Å². The zero-order chi connectivity index (χ0) is 19.2. The van der Waals surface area contributed by atoms with Crippen LogP contribution in [0.25, 0.3) is 22.4 Å². The van der Waals surface area contributed by atoms with Gasteiger partial charge in [-0.3, -0.25) is 13.9 Å². The van der Waals surface area contributed by atoms with Crippen molar-refractivity contribution in [1.29, 1.82) is 0 Å². The van der Waals surface area contributed by atoms with Gasteiger partial charge in [0.1, 0.15) is 10.4 Å². The number of hydrogen-bond acceptors (Lipinski definition) is 5. The summed E-state index contributed by atoms with van der Waals surface area (Å²) in [5, 5.41) is 1.24. The Morgan fingerprint density at radius 2 is 1.58 bits per heavy atom. The smallest absolute Gasteiger partial charge is 0.280 e. The number of fused-ring (bicyclic) bond motifs is 1. The molecule has 26 heavy (non-hydrogen) atoms. The molecule has 0 aliphatic rings. The fraction of sp³-hybridized carbons (Fsp3) is 0.368. The summed E-state index contributed by atoms with van der Waals surface area (Å²) in [7, 11) is 3.11. The molecule has 0 amide bonds. The lowest BCUT2D eigenvalue weighted by molar-refractivity contribution is 0.703. The van der Waals surface area contributed by atoms with Gasteiger partial charge in [0.2, 0.25) is 0 Å². The molecule has 0 unspecified atom stereocenters. The van der Waals surface area contributed by atoms with Crippen LogP contribution in [0.15, 0.2) is 32.8 Å². The molecule has 0 aliphatic heterocycles. The minimum Gasteiger partial charge on any atom is -0.280 e. The second kappa shape index (κ2) is 6.72. The third-order valence-corrected chi connectivity index (χ3v) is 5.08. The molecule has 1 aromatic carbocycles. The van der Waals surface area contributed by atoms with Crippen LogP contribution in [0.5, 0.6) is 0 Å². The largest absolute Gasteiger partial charge is 0.332 e. The summed E-state index contributed by atoms with van der Waals surface area (Å²) in [6, 6.07) is 6.11. The van der Waals surface area contributed by atoms with Crippen LogP contribution in [-0.2, 0) is 14.1 Å². The lowest BCUT2D eigenvalue weighted by Crippen LogP contribution is -2.37. The van der Waals surface area contributed by atoms with E-state index in [1.807, 2.05) is 39.8 Å². The molecule has 0 bridgehead atoms. The fourth-order valence-electron chi connectivity index (χ4n) is 2.97. The Kier molecular flexibility index (Phi) is 4.75. The monoisotopic (exact) mass is 370 g/mol. The van der Waals surface area contributed by atoms with E-state index in [9.17, 15) is 9.59 Å². The van der Waals surface area contributed by atoms with E-state index >= 15 is 0 Å². The third kappa shape index (κ3) is 3.19. The zero-order valence-corrected chi connectivity index (χ0v) is 16.6. The summed E-state index contributed by atoms with van der Waals surface area (Å²) < 4.78 is 2.52. The molecular formula is C19H22N4O2S. The molecule has 0 fully saturated rings. The normalized spacial score (nSPS) is 11.5. The maximum Gasteiger partial charge on any atom is 0.332 e. The van der Waals surface area contributed by atoms with Crippen LogP contribution in [0.3, 0.4) is 0 Å². The predicted octanol–water partition coefficient (Wildman–Crippen LogP) is 2.81. The van der Waals surface area contributed by atoms with E-state index in [1.54, 1.807) is 7.05 Å². The topological polar surface area (TPSA) is 69.8 Å². The van der Waals surface area contributed by atoms with Crippen LogP contribution >= 0.6 is 11.8 Å². The predicted molar refractivity (Wildman–Crippen MR) is 106 cm³/mol. The van der Waals surface area contributed by atoms with Gasteiger partial charge in [0, 0.05) is 24.9 Å². The molecule has 2 heterocycles. The van der Waals surface area contributed by atoms with Crippen molar-refractivity contribution in [1.82, 2.24) is 19.1 Å². The minimum atomic E-state index is -0.395. The second-order valence-corrected chi connectivity index (χ2v) is 8.36. The van der Waals surface area contributed by atoms with Crippen LogP contribution in [0, 0.1) is 13.8 Å². The summed E-state index contributed by atoms with van der Waals surface area (Å²) >= 11 is 1.50. The minimum absolute atomic E-state index is 0.238. The molecule has 0 radical (unpaired) electrons. The molecule has 0 aliphatic carbocycles. The molecule has 136 valence electrons. The third-order valence-electron chi connectivity index (χ3n) is 4.09. The van der Waals surface area contributed by atoms with Gasteiger partial charge in [0.25, 0.3) is 5.56 Å². The summed E-state index contributed by atoms with van der Waals surface area (Å²) in [6.07, 6.45) is 0. The first-order chi connectivity index (χ1) is 12.2. The number of rotatable bonds is 3. The van der Waals surface area contributed by atoms with E-state index in [2.05, 4.69) is 16.0 Å². The maximum absolute atomic E-state index is 12.7. The van der Waals surface area contributed by atoms with E-state index in [1.165, 1.54) is 23.4 Å². The summed E-state index contributed by atoms with van der Waals surface area (Å²) in [5.74, 6) is 0.524. The molecule has 0 atom stereocenters. The molecule has 0 N–H and O–H groups in total. The first-order valence-corrected chi connectivity index (χ1v) is 9.30. The Bertz CT molecular complexity index is 1110. The Hall–Kier alpha value is -2.41. The summed E-state index contributed by atoms with van der Waals surface area (Å²) in [4.78, 5) is 34.3. The van der Waals surface area contributed by atoms with Gasteiger partial charge < -0.3 is 0 Å². The molecular weight excluding hydrogens is 348 g/mol. The maximum atomic E-state index is 12.7. The number of aromatic nitrogens is 4. The van der Waals surface area contributed by atoms with Gasteiger partial charge in [-0.05, 0) is 26.0 Å². The van der Waals surface area contributed by atoms with E-state index in [0.717, 1.165) is 21.3 Å². The number of aryl methyl sites for hydroxylation is 3. The van der Waals surface area contributed by atoms with Crippen LogP contribution in [-0.4, -0.2) is 24.4 Å². The SMILES string of the molecule is Cc1cc(C)cc(-c2nc(SC(C)C)c3c(=O)n(C)c(=O)n(C)c3n2)c1. The first kappa shape index (κ1) is 18.4. The van der Waals surface area contributed by atoms with Gasteiger partial charge in [0.05, 0.1) is 0 Å². The number of hydrogen-bond donors (Lipinski definition) is 0. The summed E-state index contributed by atoms with van der Waals surface area (Å²) in [6.45, 7) is 8.13. The average molecular weight is 370 g/mol. The van der Waals surface area contributed by atoms with Gasteiger partial charge in [-0.1, -0.05) is 31.0 Å². The first-order valence-electron chi connectivity index (χ1n) is 8.42. The van der Waals surface area contributed by atoms with Crippen LogP contribution in [0.1, 0.15) is 25.0 Å². The molecule has 0 spiro atoms. The highest BCUT2D eigenvalue weighted by molar-refractivity contribution is 8.00. The second-order valence-electron chi connectivity index (χ2n) is 6.80. The van der Waals surface area contributed by atoms with Crippen molar-refractivity contribution < 1.29 is 0 Å². The molecule has 6 nitrogen and oxygen atoms in total. The van der Waals surface area contributed by atoms with Crippen molar-refractivity contribution in [2.24, 2.45) is 14.1 Å². The van der Waals surface area contributed by atoms with Crippen molar-refractivity contribution in [3.8, 4) is 11.4 Å². The fourth-order valence-corrected chi connectivity index (χ4v) is 3.85. The highest BCUT2D eigenvalue weighted by Crippen LogP contribution is 2.29. The quantitative estimate of drug-likeness (QED) is 0.524. The molecule has 2 aromatic heterocycles. The molecule has 3 aromatic rings. The van der Waals surface area contributed by atoms with Crippen molar-refractivity contribution in [3.63, 3.8) is 0 Å². The van der Waals surface area contributed by atoms with E-state index in [-0.39, 0.29) is 10.8 Å². The molecule has 3 rings (SSSR count). The van der Waals surface area contributed by atoms with Crippen molar-refractivity contribution in [2.75, 3.05) is 0 Å². The van der Waals surface area contributed by atoms with Gasteiger partial charge in [-0.15, -0.1) is 11.8 Å². The lowest BCUT2D eigenvalue weighted by atomic mass is 10.1. The van der Waals surface area contributed by atoms with Crippen LogP contribution in [0.2, 0.25) is 0 Å². The van der Waals surface area contributed by atoms with E-state index in [0.29, 0.717) is 21.9 Å². The van der Waals surface area contributed by atoms with Gasteiger partial charge in [0.15, 0.2) is 11.5 Å². The van der Waals surface area contributed by atoms with Gasteiger partial charge in [-0.25, -0.2) is 14.8 Å². The van der Waals surface area contributed by atoms with Gasteiger partial charge in [-0.2, -0.15) is 0 Å². The standard InChI is InChI=1S/C19H22N4O2S/c1-10(2)26-17-14-16(22(5)19(25)23(6)18(14)24)20-15(21-17)13-8-11(3)7-12(4)9-13/h7-10H,1-6H3. The average Bonchev–Trinajstić information content (AvgIpc) is 2.56. The van der Waals surface area contributed by atoms with Gasteiger partial charge >= 0.3 is 5.69 Å². The van der Waals surface area contributed by atoms with E-state index in [4.69, 9.17) is 0 Å². The highest BCUT2D eigenvalue weighted by atomic mass is 32.2. The zero-order valence-electron chi connectivity index (χ0n) is 15.8. The van der Waals surface area contributed by atoms with Crippen LogP contribution < -0.4 is 11.2 Å². The molecule has 0 saturated carbocycles. The van der Waals surface area contributed by atoms with Crippen molar-refractivity contribution in [3.05, 3.63) is 50.2 Å². The van der Waals surface area contributed by atoms with Crippen LogP contribution in [0.4, 0.5) is 0 Å². The Labute approximate surface area is 155 Å². The lowest BCUT2D eigenvalue weighted by Gasteiger charge is -2.13. The molecule has 7 heteroatoms. The van der Waals surface area contributed by atoms with Crippen molar-refractivity contribution in [2.45, 2.75) is 38.0 Å². The Morgan fingerprint density at radius 3 is 2.15 bits per heavy atom. The Morgan fingerprint density at radius 1 is 0.962 bits per heavy atom. The molecule has 0 saturated heterocycles. The number of thioether (sulfide) groups is 1.